The van der Waals surface area contributed by atoms with Gasteiger partial charge in [0.25, 0.3) is 5.91 Å². The standard InChI is InChI=1S/C25H28N6O6/c1-25(2,3)37-24(35)31-18(10-12-20(31)32)21(33)27-23-26-19-11-9-17(14-30(19)28-23)15-7-6-8-16(13-15)22(34)29(4)36-5/h6-9,11,13-14,18H,10,12H2,1-5H3,(H,27,28,33)/t18-/m1/s1. The van der Waals surface area contributed by atoms with Crippen molar-refractivity contribution in [2.24, 2.45) is 0 Å². The summed E-state index contributed by atoms with van der Waals surface area (Å²) in [7, 11) is 2.94. The van der Waals surface area contributed by atoms with Crippen LogP contribution < -0.4 is 5.32 Å². The Bertz CT molecular complexity index is 1380. The quantitative estimate of drug-likeness (QED) is 0.520. The van der Waals surface area contributed by atoms with Gasteiger partial charge >= 0.3 is 6.09 Å². The van der Waals surface area contributed by atoms with Crippen LogP contribution in [0.3, 0.4) is 0 Å². The zero-order chi connectivity index (χ0) is 26.9. The first-order valence-corrected chi connectivity index (χ1v) is 11.6. The first kappa shape index (κ1) is 25.8. The number of aromatic nitrogens is 3. The molecule has 1 fully saturated rings. The van der Waals surface area contributed by atoms with E-state index in [2.05, 4.69) is 15.4 Å². The Morgan fingerprint density at radius 2 is 1.89 bits per heavy atom. The molecule has 1 atom stereocenters. The van der Waals surface area contributed by atoms with Crippen LogP contribution in [0, 0.1) is 0 Å². The number of rotatable bonds is 5. The van der Waals surface area contributed by atoms with Crippen molar-refractivity contribution in [2.75, 3.05) is 19.5 Å². The highest BCUT2D eigenvalue weighted by Crippen LogP contribution is 2.24. The molecule has 2 aromatic heterocycles. The van der Waals surface area contributed by atoms with Crippen LogP contribution in [0.2, 0.25) is 0 Å². The van der Waals surface area contributed by atoms with E-state index in [0.717, 1.165) is 21.1 Å². The number of fused-ring (bicyclic) bond motifs is 1. The maximum Gasteiger partial charge on any atom is 0.417 e. The van der Waals surface area contributed by atoms with Crippen LogP contribution in [-0.2, 0) is 19.2 Å². The number of amides is 4. The molecule has 3 aromatic rings. The summed E-state index contributed by atoms with van der Waals surface area (Å²) in [6, 6.07) is 9.57. The first-order valence-electron chi connectivity index (χ1n) is 11.6. The lowest BCUT2D eigenvalue weighted by Crippen LogP contribution is -2.47. The van der Waals surface area contributed by atoms with Crippen LogP contribution in [0.25, 0.3) is 16.8 Å². The number of pyridine rings is 1. The number of hydrogen-bond donors (Lipinski definition) is 1. The van der Waals surface area contributed by atoms with Gasteiger partial charge in [0, 0.05) is 30.8 Å². The second-order valence-corrected chi connectivity index (χ2v) is 9.51. The number of hydrogen-bond acceptors (Lipinski definition) is 8. The van der Waals surface area contributed by atoms with Gasteiger partial charge < -0.3 is 4.74 Å². The molecule has 4 amide bonds. The number of anilines is 1. The molecule has 0 bridgehead atoms. The Labute approximate surface area is 213 Å². The molecule has 1 saturated heterocycles. The van der Waals surface area contributed by atoms with Gasteiger partial charge in [0.1, 0.15) is 11.6 Å². The smallest absolute Gasteiger partial charge is 0.417 e. The van der Waals surface area contributed by atoms with Crippen molar-refractivity contribution >= 4 is 35.4 Å². The van der Waals surface area contributed by atoms with Crippen molar-refractivity contribution in [3.05, 3.63) is 48.2 Å². The van der Waals surface area contributed by atoms with E-state index in [1.54, 1.807) is 51.2 Å². The average Bonchev–Trinajstić information content (AvgIpc) is 3.44. The fourth-order valence-electron chi connectivity index (χ4n) is 3.87. The zero-order valence-electron chi connectivity index (χ0n) is 21.2. The molecule has 194 valence electrons. The Balaban J connectivity index is 1.53. The topological polar surface area (TPSA) is 135 Å². The molecule has 0 unspecified atom stereocenters. The van der Waals surface area contributed by atoms with E-state index in [1.807, 2.05) is 12.1 Å². The van der Waals surface area contributed by atoms with Crippen LogP contribution >= 0.6 is 0 Å². The van der Waals surface area contributed by atoms with E-state index in [1.165, 1.54) is 18.7 Å². The Kier molecular flexibility index (Phi) is 6.94. The van der Waals surface area contributed by atoms with E-state index in [-0.39, 0.29) is 24.7 Å². The van der Waals surface area contributed by atoms with Crippen molar-refractivity contribution in [1.82, 2.24) is 24.6 Å². The second-order valence-electron chi connectivity index (χ2n) is 9.51. The molecular formula is C25H28N6O6. The van der Waals surface area contributed by atoms with Gasteiger partial charge in [0.2, 0.25) is 17.8 Å². The Hall–Kier alpha value is -4.32. The predicted molar refractivity (Wildman–Crippen MR) is 132 cm³/mol. The number of carbonyl (C=O) groups excluding carboxylic acids is 4. The van der Waals surface area contributed by atoms with Crippen LogP contribution in [0.4, 0.5) is 10.7 Å². The molecule has 12 nitrogen and oxygen atoms in total. The van der Waals surface area contributed by atoms with Crippen LogP contribution in [0.5, 0.6) is 0 Å². The Morgan fingerprint density at radius 3 is 2.59 bits per heavy atom. The maximum absolute atomic E-state index is 12.9. The molecule has 1 N–H and O–H groups in total. The molecule has 4 rings (SSSR count). The molecule has 0 spiro atoms. The molecule has 0 aliphatic carbocycles. The van der Waals surface area contributed by atoms with Gasteiger partial charge in [-0.2, -0.15) is 4.98 Å². The number of nitrogens with zero attached hydrogens (tertiary/aromatic N) is 5. The molecule has 37 heavy (non-hydrogen) atoms. The minimum Gasteiger partial charge on any atom is -0.443 e. The average molecular weight is 509 g/mol. The van der Waals surface area contributed by atoms with Crippen LogP contribution in [-0.4, -0.2) is 74.2 Å². The highest BCUT2D eigenvalue weighted by molar-refractivity contribution is 6.04. The monoisotopic (exact) mass is 508 g/mol. The number of ether oxygens (including phenoxy) is 1. The predicted octanol–water partition coefficient (Wildman–Crippen LogP) is 2.89. The van der Waals surface area contributed by atoms with Gasteiger partial charge in [-0.05, 0) is 57.0 Å². The fourth-order valence-corrected chi connectivity index (χ4v) is 3.87. The molecule has 1 aliphatic heterocycles. The summed E-state index contributed by atoms with van der Waals surface area (Å²) in [5.41, 5.74) is 1.65. The molecule has 0 saturated carbocycles. The third-order valence-electron chi connectivity index (χ3n) is 5.67. The summed E-state index contributed by atoms with van der Waals surface area (Å²) >= 11 is 0. The summed E-state index contributed by atoms with van der Waals surface area (Å²) in [5, 5.41) is 8.05. The van der Waals surface area contributed by atoms with Gasteiger partial charge in [-0.3, -0.25) is 24.5 Å². The number of carbonyl (C=O) groups is 4. The van der Waals surface area contributed by atoms with Crippen LogP contribution in [0.15, 0.2) is 42.6 Å². The summed E-state index contributed by atoms with van der Waals surface area (Å²) < 4.78 is 6.78. The lowest BCUT2D eigenvalue weighted by atomic mass is 10.0. The summed E-state index contributed by atoms with van der Waals surface area (Å²) in [5.74, 6) is -1.32. The molecule has 3 heterocycles. The largest absolute Gasteiger partial charge is 0.443 e. The highest BCUT2D eigenvalue weighted by Gasteiger charge is 2.42. The van der Waals surface area contributed by atoms with E-state index in [4.69, 9.17) is 9.57 Å². The van der Waals surface area contributed by atoms with Gasteiger partial charge in [-0.15, -0.1) is 5.10 Å². The zero-order valence-corrected chi connectivity index (χ0v) is 21.2. The molecule has 1 aromatic carbocycles. The van der Waals surface area contributed by atoms with Crippen molar-refractivity contribution < 1.29 is 28.8 Å². The number of nitrogens with one attached hydrogen (secondary N) is 1. The van der Waals surface area contributed by atoms with Gasteiger partial charge in [0.15, 0.2) is 5.65 Å². The van der Waals surface area contributed by atoms with Crippen molar-refractivity contribution in [1.29, 1.82) is 0 Å². The lowest BCUT2D eigenvalue weighted by Gasteiger charge is -2.26. The van der Waals surface area contributed by atoms with Crippen molar-refractivity contribution in [3.8, 4) is 11.1 Å². The number of likely N-dealkylation sites (tertiary alicyclic amines) is 1. The first-order chi connectivity index (χ1) is 17.5. The highest BCUT2D eigenvalue weighted by atomic mass is 16.7. The van der Waals surface area contributed by atoms with Crippen LogP contribution in [0.1, 0.15) is 44.0 Å². The maximum atomic E-state index is 12.9. The Morgan fingerprint density at radius 1 is 1.14 bits per heavy atom. The summed E-state index contributed by atoms with van der Waals surface area (Å²) in [4.78, 5) is 60.3. The van der Waals surface area contributed by atoms with Crippen molar-refractivity contribution in [2.45, 2.75) is 45.3 Å². The lowest BCUT2D eigenvalue weighted by molar-refractivity contribution is -0.132. The van der Waals surface area contributed by atoms with E-state index >= 15 is 0 Å². The number of benzene rings is 1. The molecule has 0 radical (unpaired) electrons. The third kappa shape index (κ3) is 5.59. The molecular weight excluding hydrogens is 480 g/mol. The third-order valence-corrected chi connectivity index (χ3v) is 5.67. The summed E-state index contributed by atoms with van der Waals surface area (Å²) in [6.07, 6.45) is 1.09. The van der Waals surface area contributed by atoms with Gasteiger partial charge in [0.05, 0.1) is 7.11 Å². The van der Waals surface area contributed by atoms with Gasteiger partial charge in [-0.1, -0.05) is 12.1 Å². The van der Waals surface area contributed by atoms with Gasteiger partial charge in [-0.25, -0.2) is 19.3 Å². The van der Waals surface area contributed by atoms with E-state index in [9.17, 15) is 19.2 Å². The minimum absolute atomic E-state index is 0.0243. The molecule has 12 heteroatoms. The normalized spacial score (nSPS) is 15.6. The summed E-state index contributed by atoms with van der Waals surface area (Å²) in [6.45, 7) is 5.05. The second kappa shape index (κ2) is 9.97. The molecule has 1 aliphatic rings. The van der Waals surface area contributed by atoms with E-state index < -0.39 is 29.6 Å². The fraction of sp³-hybridized carbons (Fsp3) is 0.360. The van der Waals surface area contributed by atoms with Crippen molar-refractivity contribution in [3.63, 3.8) is 0 Å². The van der Waals surface area contributed by atoms with E-state index in [0.29, 0.717) is 11.2 Å². The number of imide groups is 1. The minimum atomic E-state index is -1.02. The number of hydroxylamine groups is 2. The SMILES string of the molecule is CON(C)C(=O)c1cccc(-c2ccc3nc(NC(=O)[C@H]4CCC(=O)N4C(=O)OC(C)(C)C)nn3c2)c1.